The molecule has 9 heteroatoms. The minimum absolute atomic E-state index is 0.109. The van der Waals surface area contributed by atoms with Crippen LogP contribution in [-0.2, 0) is 10.0 Å². The minimum atomic E-state index is -4.02. The van der Waals surface area contributed by atoms with Gasteiger partial charge in [-0.15, -0.1) is 11.3 Å². The number of ether oxygens (including phenoxy) is 1. The summed E-state index contributed by atoms with van der Waals surface area (Å²) in [6.45, 7) is 0. The van der Waals surface area contributed by atoms with Crippen molar-refractivity contribution in [3.8, 4) is 11.8 Å². The van der Waals surface area contributed by atoms with Gasteiger partial charge in [0.25, 0.3) is 10.0 Å². The van der Waals surface area contributed by atoms with Gasteiger partial charge in [0, 0.05) is 35.4 Å². The van der Waals surface area contributed by atoms with Crippen molar-refractivity contribution >= 4 is 43.0 Å². The Hall–Kier alpha value is -3.48. The number of thiazole rings is 1. The van der Waals surface area contributed by atoms with Crippen LogP contribution in [0.15, 0.2) is 71.3 Å². The molecular formula is C20H14N4O3S2. The SMILES string of the molecule is COc1cc(C#N)ccc1N(c1nccs1)S(=O)(=O)c1ccc2cnccc2c1. The lowest BCUT2D eigenvalue weighted by Gasteiger charge is -2.24. The molecule has 7 nitrogen and oxygen atoms in total. The standard InChI is InChI=1S/C20H14N4O3S2/c1-27-19-10-14(12-21)2-5-18(19)24(20-23-8-9-28-20)29(25,26)17-4-3-16-13-22-7-6-15(16)11-17/h2-11,13H,1H3. The topological polar surface area (TPSA) is 96.2 Å². The fourth-order valence-electron chi connectivity index (χ4n) is 2.89. The fourth-order valence-corrected chi connectivity index (χ4v) is 5.27. The van der Waals surface area contributed by atoms with Crippen LogP contribution in [0.3, 0.4) is 0 Å². The van der Waals surface area contributed by atoms with Gasteiger partial charge in [-0.25, -0.2) is 17.7 Å². The highest BCUT2D eigenvalue weighted by Crippen LogP contribution is 2.40. The third kappa shape index (κ3) is 3.40. The molecule has 0 spiro atoms. The molecule has 0 fully saturated rings. The average molecular weight is 422 g/mol. The van der Waals surface area contributed by atoms with E-state index < -0.39 is 10.0 Å². The zero-order chi connectivity index (χ0) is 20.4. The summed E-state index contributed by atoms with van der Waals surface area (Å²) in [5.41, 5.74) is 0.636. The van der Waals surface area contributed by atoms with Crippen LogP contribution in [-0.4, -0.2) is 25.5 Å². The maximum Gasteiger partial charge on any atom is 0.270 e. The molecule has 0 amide bonds. The molecule has 0 aliphatic heterocycles. The molecule has 0 unspecified atom stereocenters. The number of methoxy groups -OCH3 is 1. The summed E-state index contributed by atoms with van der Waals surface area (Å²) >= 11 is 1.19. The van der Waals surface area contributed by atoms with Crippen molar-refractivity contribution in [1.29, 1.82) is 5.26 Å². The number of hydrogen-bond acceptors (Lipinski definition) is 7. The Kier molecular flexibility index (Phi) is 4.88. The predicted molar refractivity (Wildman–Crippen MR) is 111 cm³/mol. The minimum Gasteiger partial charge on any atom is -0.494 e. The van der Waals surface area contributed by atoms with E-state index in [1.54, 1.807) is 48.1 Å². The maximum absolute atomic E-state index is 13.7. The molecule has 0 radical (unpaired) electrons. The van der Waals surface area contributed by atoms with E-state index in [-0.39, 0.29) is 21.5 Å². The summed E-state index contributed by atoms with van der Waals surface area (Å²) in [6.07, 6.45) is 4.82. The summed E-state index contributed by atoms with van der Waals surface area (Å²) < 4.78 is 33.8. The van der Waals surface area contributed by atoms with E-state index in [0.717, 1.165) is 15.1 Å². The molecular weight excluding hydrogens is 408 g/mol. The van der Waals surface area contributed by atoms with Crippen molar-refractivity contribution in [3.05, 3.63) is 72.0 Å². The Balaban J connectivity index is 1.93. The van der Waals surface area contributed by atoms with E-state index in [1.165, 1.54) is 36.8 Å². The molecule has 2 aromatic carbocycles. The molecule has 0 saturated heterocycles. The molecule has 0 atom stereocenters. The molecule has 0 N–H and O–H groups in total. The predicted octanol–water partition coefficient (Wildman–Crippen LogP) is 4.10. The number of nitrogens with zero attached hydrogens (tertiary/aromatic N) is 4. The van der Waals surface area contributed by atoms with Crippen LogP contribution in [0.4, 0.5) is 10.8 Å². The maximum atomic E-state index is 13.7. The van der Waals surface area contributed by atoms with Crippen molar-refractivity contribution < 1.29 is 13.2 Å². The van der Waals surface area contributed by atoms with Crippen LogP contribution >= 0.6 is 11.3 Å². The number of nitriles is 1. The normalized spacial score (nSPS) is 11.2. The van der Waals surface area contributed by atoms with Crippen molar-refractivity contribution in [1.82, 2.24) is 9.97 Å². The van der Waals surface area contributed by atoms with Crippen LogP contribution in [0.2, 0.25) is 0 Å². The lowest BCUT2D eigenvalue weighted by Crippen LogP contribution is -2.26. The summed E-state index contributed by atoms with van der Waals surface area (Å²) in [4.78, 5) is 8.36. The van der Waals surface area contributed by atoms with Crippen LogP contribution in [0.5, 0.6) is 5.75 Å². The first kappa shape index (κ1) is 18.9. The second-order valence-corrected chi connectivity index (χ2v) is 8.63. The second kappa shape index (κ2) is 7.50. The summed E-state index contributed by atoms with van der Waals surface area (Å²) in [6, 6.07) is 13.2. The largest absolute Gasteiger partial charge is 0.494 e. The lowest BCUT2D eigenvalue weighted by atomic mass is 10.2. The Labute approximate surface area is 171 Å². The quantitative estimate of drug-likeness (QED) is 0.480. The third-order valence-electron chi connectivity index (χ3n) is 4.27. The molecule has 0 aliphatic rings. The van der Waals surface area contributed by atoms with Crippen molar-refractivity contribution in [2.45, 2.75) is 4.90 Å². The molecule has 144 valence electrons. The molecule has 0 aliphatic carbocycles. The first-order chi connectivity index (χ1) is 14.0. The molecule has 4 rings (SSSR count). The Morgan fingerprint density at radius 3 is 2.69 bits per heavy atom. The highest BCUT2D eigenvalue weighted by atomic mass is 32.2. The van der Waals surface area contributed by atoms with Crippen LogP contribution in [0, 0.1) is 11.3 Å². The van der Waals surface area contributed by atoms with Gasteiger partial charge in [0.05, 0.1) is 23.6 Å². The Morgan fingerprint density at radius 2 is 1.97 bits per heavy atom. The van der Waals surface area contributed by atoms with Gasteiger partial charge in [-0.3, -0.25) is 4.98 Å². The van der Waals surface area contributed by atoms with Gasteiger partial charge in [0.1, 0.15) is 11.4 Å². The van der Waals surface area contributed by atoms with Crippen LogP contribution in [0.1, 0.15) is 5.56 Å². The Morgan fingerprint density at radius 1 is 1.10 bits per heavy atom. The van der Waals surface area contributed by atoms with Gasteiger partial charge in [0.2, 0.25) is 5.13 Å². The van der Waals surface area contributed by atoms with Gasteiger partial charge in [-0.2, -0.15) is 5.26 Å². The van der Waals surface area contributed by atoms with E-state index in [0.29, 0.717) is 5.56 Å². The third-order valence-corrected chi connectivity index (χ3v) is 6.84. The highest BCUT2D eigenvalue weighted by molar-refractivity contribution is 7.93. The van der Waals surface area contributed by atoms with Crippen molar-refractivity contribution in [2.24, 2.45) is 0 Å². The number of fused-ring (bicyclic) bond motifs is 1. The highest BCUT2D eigenvalue weighted by Gasteiger charge is 2.31. The zero-order valence-electron chi connectivity index (χ0n) is 15.2. The number of aromatic nitrogens is 2. The summed E-state index contributed by atoms with van der Waals surface area (Å²) in [5.74, 6) is 0.257. The number of sulfonamides is 1. The number of rotatable bonds is 5. The Bertz CT molecular complexity index is 1330. The lowest BCUT2D eigenvalue weighted by molar-refractivity contribution is 0.416. The molecule has 29 heavy (non-hydrogen) atoms. The van der Waals surface area contributed by atoms with Gasteiger partial charge in [-0.1, -0.05) is 6.07 Å². The number of pyridine rings is 1. The van der Waals surface area contributed by atoms with Gasteiger partial charge >= 0.3 is 0 Å². The number of hydrogen-bond donors (Lipinski definition) is 0. The molecule has 0 bridgehead atoms. The van der Waals surface area contributed by atoms with Crippen LogP contribution < -0.4 is 9.04 Å². The fraction of sp³-hybridized carbons (Fsp3) is 0.0500. The van der Waals surface area contributed by atoms with E-state index in [1.807, 2.05) is 6.07 Å². The van der Waals surface area contributed by atoms with Gasteiger partial charge in [-0.05, 0) is 35.7 Å². The first-order valence-corrected chi connectivity index (χ1v) is 10.7. The molecule has 2 aromatic heterocycles. The van der Waals surface area contributed by atoms with E-state index in [2.05, 4.69) is 9.97 Å². The molecule has 0 saturated carbocycles. The number of benzene rings is 2. The van der Waals surface area contributed by atoms with E-state index >= 15 is 0 Å². The zero-order valence-corrected chi connectivity index (χ0v) is 16.8. The number of anilines is 2. The van der Waals surface area contributed by atoms with E-state index in [4.69, 9.17) is 10.00 Å². The summed E-state index contributed by atoms with van der Waals surface area (Å²) in [5, 5.41) is 12.7. The molecule has 4 aromatic rings. The van der Waals surface area contributed by atoms with Crippen molar-refractivity contribution in [2.75, 3.05) is 11.4 Å². The van der Waals surface area contributed by atoms with Gasteiger partial charge < -0.3 is 4.74 Å². The van der Waals surface area contributed by atoms with E-state index in [9.17, 15) is 8.42 Å². The smallest absolute Gasteiger partial charge is 0.270 e. The average Bonchev–Trinajstić information content (AvgIpc) is 3.27. The summed E-state index contributed by atoms with van der Waals surface area (Å²) in [7, 11) is -2.60. The first-order valence-electron chi connectivity index (χ1n) is 8.41. The second-order valence-electron chi connectivity index (χ2n) is 5.97. The van der Waals surface area contributed by atoms with Gasteiger partial charge in [0.15, 0.2) is 0 Å². The van der Waals surface area contributed by atoms with Crippen LogP contribution in [0.25, 0.3) is 10.8 Å². The monoisotopic (exact) mass is 422 g/mol. The molecule has 2 heterocycles. The van der Waals surface area contributed by atoms with Crippen molar-refractivity contribution in [3.63, 3.8) is 0 Å².